The van der Waals surface area contributed by atoms with Crippen molar-refractivity contribution >= 4 is 22.8 Å². The SMILES string of the molecule is Cc1ccc2c(CC(=O)OCC(=O)N[C@@H](C)c3ccc(F)cc3F)coc2c1. The summed E-state index contributed by atoms with van der Waals surface area (Å²) in [7, 11) is 0. The summed E-state index contributed by atoms with van der Waals surface area (Å²) in [4.78, 5) is 24.0. The van der Waals surface area contributed by atoms with Crippen molar-refractivity contribution in [2.75, 3.05) is 6.61 Å². The van der Waals surface area contributed by atoms with Crippen LogP contribution in [0.4, 0.5) is 8.78 Å². The molecular formula is C21H19F2NO4. The van der Waals surface area contributed by atoms with Gasteiger partial charge in [0.25, 0.3) is 5.91 Å². The molecule has 2 aromatic carbocycles. The molecule has 1 amide bonds. The second-order valence-electron chi connectivity index (χ2n) is 6.55. The maximum atomic E-state index is 13.7. The smallest absolute Gasteiger partial charge is 0.310 e. The van der Waals surface area contributed by atoms with Gasteiger partial charge in [0.05, 0.1) is 18.7 Å². The van der Waals surface area contributed by atoms with E-state index >= 15 is 0 Å². The number of ether oxygens (including phenoxy) is 1. The standard InChI is InChI=1S/C21H19F2NO4/c1-12-3-5-17-14(10-27-19(17)7-12)8-21(26)28-11-20(25)24-13(2)16-6-4-15(22)9-18(16)23/h3-7,9-10,13H,8,11H2,1-2H3,(H,24,25)/t13-/m0/s1. The van der Waals surface area contributed by atoms with E-state index in [-0.39, 0.29) is 12.0 Å². The summed E-state index contributed by atoms with van der Waals surface area (Å²) in [6, 6.07) is 8.05. The summed E-state index contributed by atoms with van der Waals surface area (Å²) < 4.78 is 37.1. The molecule has 0 aliphatic carbocycles. The molecule has 0 saturated heterocycles. The van der Waals surface area contributed by atoms with Crippen LogP contribution in [0.3, 0.4) is 0 Å². The molecule has 0 aliphatic heterocycles. The first kappa shape index (κ1) is 19.5. The molecule has 146 valence electrons. The molecule has 0 spiro atoms. The quantitative estimate of drug-likeness (QED) is 0.650. The van der Waals surface area contributed by atoms with Crippen molar-refractivity contribution in [3.8, 4) is 0 Å². The lowest BCUT2D eigenvalue weighted by molar-refractivity contribution is -0.148. The normalized spacial score (nSPS) is 12.0. The molecule has 1 heterocycles. The van der Waals surface area contributed by atoms with Crippen LogP contribution in [0.2, 0.25) is 0 Å². The van der Waals surface area contributed by atoms with Gasteiger partial charge >= 0.3 is 5.97 Å². The highest BCUT2D eigenvalue weighted by Crippen LogP contribution is 2.23. The van der Waals surface area contributed by atoms with Crippen molar-refractivity contribution in [1.29, 1.82) is 0 Å². The second-order valence-corrected chi connectivity index (χ2v) is 6.55. The van der Waals surface area contributed by atoms with Gasteiger partial charge in [-0.3, -0.25) is 9.59 Å². The van der Waals surface area contributed by atoms with E-state index in [0.29, 0.717) is 11.1 Å². The number of benzene rings is 2. The zero-order chi connectivity index (χ0) is 20.3. The van der Waals surface area contributed by atoms with Crippen molar-refractivity contribution in [3.63, 3.8) is 0 Å². The van der Waals surface area contributed by atoms with Crippen LogP contribution < -0.4 is 5.32 Å². The van der Waals surface area contributed by atoms with Crippen molar-refractivity contribution in [2.24, 2.45) is 0 Å². The Bertz CT molecular complexity index is 1030. The molecule has 3 aromatic rings. The topological polar surface area (TPSA) is 68.5 Å². The largest absolute Gasteiger partial charge is 0.464 e. The molecule has 28 heavy (non-hydrogen) atoms. The molecule has 7 heteroatoms. The Morgan fingerprint density at radius 1 is 1.18 bits per heavy atom. The summed E-state index contributed by atoms with van der Waals surface area (Å²) in [6.07, 6.45) is 1.45. The molecule has 0 radical (unpaired) electrons. The van der Waals surface area contributed by atoms with Crippen LogP contribution in [0.25, 0.3) is 11.0 Å². The van der Waals surface area contributed by atoms with Gasteiger partial charge in [-0.25, -0.2) is 8.78 Å². The first-order valence-corrected chi connectivity index (χ1v) is 8.70. The Morgan fingerprint density at radius 2 is 1.96 bits per heavy atom. The van der Waals surface area contributed by atoms with Gasteiger partial charge in [-0.05, 0) is 31.5 Å². The number of hydrogen-bond acceptors (Lipinski definition) is 4. The Labute approximate surface area is 160 Å². The van der Waals surface area contributed by atoms with Gasteiger partial charge < -0.3 is 14.5 Å². The van der Waals surface area contributed by atoms with Crippen molar-refractivity contribution < 1.29 is 27.5 Å². The fraction of sp³-hybridized carbons (Fsp3) is 0.238. The van der Waals surface area contributed by atoms with Crippen LogP contribution in [0.15, 0.2) is 47.1 Å². The van der Waals surface area contributed by atoms with E-state index in [1.807, 2.05) is 25.1 Å². The number of esters is 1. The Hall–Kier alpha value is -3.22. The first-order chi connectivity index (χ1) is 13.3. The molecule has 0 fully saturated rings. The molecule has 0 aliphatic rings. The van der Waals surface area contributed by atoms with E-state index in [1.54, 1.807) is 6.92 Å². The predicted octanol–water partition coefficient (Wildman–Crippen LogP) is 3.98. The molecular weight excluding hydrogens is 368 g/mol. The molecule has 3 rings (SSSR count). The fourth-order valence-corrected chi connectivity index (χ4v) is 2.89. The monoisotopic (exact) mass is 387 g/mol. The number of carbonyl (C=O) groups is 2. The van der Waals surface area contributed by atoms with Crippen LogP contribution in [0.1, 0.15) is 29.7 Å². The summed E-state index contributed by atoms with van der Waals surface area (Å²) in [5.41, 5.74) is 2.53. The van der Waals surface area contributed by atoms with Crippen LogP contribution in [0, 0.1) is 18.6 Å². The van der Waals surface area contributed by atoms with Gasteiger partial charge in [0.1, 0.15) is 17.2 Å². The Kier molecular flexibility index (Phi) is 5.73. The van der Waals surface area contributed by atoms with Gasteiger partial charge in [-0.1, -0.05) is 18.2 Å². The van der Waals surface area contributed by atoms with Gasteiger partial charge in [-0.2, -0.15) is 0 Å². The number of hydrogen-bond donors (Lipinski definition) is 1. The van der Waals surface area contributed by atoms with Gasteiger partial charge in [0.15, 0.2) is 6.61 Å². The number of halogens is 2. The van der Waals surface area contributed by atoms with Crippen molar-refractivity contribution in [2.45, 2.75) is 26.3 Å². The van der Waals surface area contributed by atoms with E-state index in [9.17, 15) is 18.4 Å². The minimum Gasteiger partial charge on any atom is -0.464 e. The third kappa shape index (κ3) is 4.54. The minimum atomic E-state index is -0.758. The summed E-state index contributed by atoms with van der Waals surface area (Å²) in [6.45, 7) is 2.99. The lowest BCUT2D eigenvalue weighted by Crippen LogP contribution is -2.31. The average Bonchev–Trinajstić information content (AvgIpc) is 3.01. The third-order valence-electron chi connectivity index (χ3n) is 4.32. The minimum absolute atomic E-state index is 0.0362. The fourth-order valence-electron chi connectivity index (χ4n) is 2.89. The van der Waals surface area contributed by atoms with E-state index in [0.717, 1.165) is 23.1 Å². The third-order valence-corrected chi connectivity index (χ3v) is 4.32. The lowest BCUT2D eigenvalue weighted by atomic mass is 10.1. The zero-order valence-corrected chi connectivity index (χ0v) is 15.4. The Morgan fingerprint density at radius 3 is 2.71 bits per heavy atom. The van der Waals surface area contributed by atoms with Crippen LogP contribution in [-0.4, -0.2) is 18.5 Å². The molecule has 0 unspecified atom stereocenters. The summed E-state index contributed by atoms with van der Waals surface area (Å²) in [5.74, 6) is -2.63. The zero-order valence-electron chi connectivity index (χ0n) is 15.4. The van der Waals surface area contributed by atoms with Crippen molar-refractivity contribution in [3.05, 3.63) is 71.0 Å². The maximum Gasteiger partial charge on any atom is 0.310 e. The number of carbonyl (C=O) groups excluding carboxylic acids is 2. The Balaban J connectivity index is 1.53. The number of furan rings is 1. The second kappa shape index (κ2) is 8.21. The van der Waals surface area contributed by atoms with E-state index in [2.05, 4.69) is 5.32 Å². The summed E-state index contributed by atoms with van der Waals surface area (Å²) in [5, 5.41) is 3.32. The van der Waals surface area contributed by atoms with E-state index in [4.69, 9.17) is 9.15 Å². The molecule has 0 saturated carbocycles. The van der Waals surface area contributed by atoms with E-state index in [1.165, 1.54) is 12.3 Å². The van der Waals surface area contributed by atoms with Gasteiger partial charge in [-0.15, -0.1) is 0 Å². The molecule has 1 aromatic heterocycles. The first-order valence-electron chi connectivity index (χ1n) is 8.70. The average molecular weight is 387 g/mol. The predicted molar refractivity (Wildman–Crippen MR) is 98.5 cm³/mol. The maximum absolute atomic E-state index is 13.7. The van der Waals surface area contributed by atoms with Crippen LogP contribution in [-0.2, 0) is 20.7 Å². The van der Waals surface area contributed by atoms with Crippen LogP contribution >= 0.6 is 0 Å². The molecule has 5 nitrogen and oxygen atoms in total. The molecule has 1 N–H and O–H groups in total. The number of aryl methyl sites for hydroxylation is 1. The van der Waals surface area contributed by atoms with Gasteiger partial charge in [0.2, 0.25) is 0 Å². The van der Waals surface area contributed by atoms with Crippen LogP contribution in [0.5, 0.6) is 0 Å². The summed E-state index contributed by atoms with van der Waals surface area (Å²) >= 11 is 0. The highest BCUT2D eigenvalue weighted by atomic mass is 19.1. The van der Waals surface area contributed by atoms with E-state index < -0.39 is 36.2 Å². The lowest BCUT2D eigenvalue weighted by Gasteiger charge is -2.15. The highest BCUT2D eigenvalue weighted by molar-refractivity contribution is 5.87. The number of amides is 1. The molecule has 0 bridgehead atoms. The van der Waals surface area contributed by atoms with Crippen molar-refractivity contribution in [1.82, 2.24) is 5.32 Å². The highest BCUT2D eigenvalue weighted by Gasteiger charge is 2.17. The van der Waals surface area contributed by atoms with Gasteiger partial charge in [0, 0.05) is 22.6 Å². The number of rotatable bonds is 6. The molecule has 1 atom stereocenters. The number of nitrogens with one attached hydrogen (secondary N) is 1. The number of fused-ring (bicyclic) bond motifs is 1.